The molecule has 2 aliphatic rings. The molecular weight excluding hydrogens is 341 g/mol. The summed E-state index contributed by atoms with van der Waals surface area (Å²) in [4.78, 5) is 9.02. The number of nitrogens with zero attached hydrogens (tertiary/aromatic N) is 3. The van der Waals surface area contributed by atoms with Crippen LogP contribution < -0.4 is 10.6 Å². The van der Waals surface area contributed by atoms with Gasteiger partial charge in [-0.05, 0) is 19.8 Å². The number of guanidine groups is 1. The molecule has 0 saturated carbocycles. The lowest BCUT2D eigenvalue weighted by Crippen LogP contribution is -2.37. The summed E-state index contributed by atoms with van der Waals surface area (Å²) in [5, 5.41) is 6.59. The van der Waals surface area contributed by atoms with Gasteiger partial charge in [-0.3, -0.25) is 4.99 Å². The number of imidazole rings is 1. The number of aryl methyl sites for hydroxylation is 2. The molecule has 18 heavy (non-hydrogen) atoms. The minimum absolute atomic E-state index is 0. The van der Waals surface area contributed by atoms with Crippen LogP contribution in [0.15, 0.2) is 11.2 Å². The van der Waals surface area contributed by atoms with Crippen molar-refractivity contribution in [3.63, 3.8) is 0 Å². The Kier molecular flexibility index (Phi) is 4.47. The third kappa shape index (κ3) is 2.96. The van der Waals surface area contributed by atoms with Crippen molar-refractivity contribution in [2.24, 2.45) is 4.99 Å². The van der Waals surface area contributed by atoms with Gasteiger partial charge in [0, 0.05) is 25.2 Å². The van der Waals surface area contributed by atoms with E-state index in [9.17, 15) is 0 Å². The van der Waals surface area contributed by atoms with Crippen molar-refractivity contribution in [2.45, 2.75) is 45.3 Å². The molecule has 1 unspecified atom stereocenters. The van der Waals surface area contributed by atoms with Crippen LogP contribution in [0.2, 0.25) is 0 Å². The molecule has 0 radical (unpaired) electrons. The molecule has 0 saturated heterocycles. The molecule has 5 nitrogen and oxygen atoms in total. The van der Waals surface area contributed by atoms with E-state index < -0.39 is 0 Å². The molecular formula is C12H20IN5. The lowest BCUT2D eigenvalue weighted by Gasteiger charge is -2.11. The Labute approximate surface area is 124 Å². The molecule has 2 aliphatic heterocycles. The van der Waals surface area contributed by atoms with Gasteiger partial charge in [-0.2, -0.15) is 0 Å². The second-order valence-electron chi connectivity index (χ2n) is 4.89. The van der Waals surface area contributed by atoms with Crippen molar-refractivity contribution < 1.29 is 0 Å². The fourth-order valence-corrected chi connectivity index (χ4v) is 2.39. The zero-order chi connectivity index (χ0) is 11.7. The highest BCUT2D eigenvalue weighted by Gasteiger charge is 2.14. The molecule has 3 heterocycles. The Morgan fingerprint density at radius 1 is 1.50 bits per heavy atom. The fraction of sp³-hybridized carbons (Fsp3) is 0.667. The summed E-state index contributed by atoms with van der Waals surface area (Å²) in [5.74, 6) is 2.14. The third-order valence-corrected chi connectivity index (χ3v) is 3.30. The van der Waals surface area contributed by atoms with Gasteiger partial charge in [0.05, 0.1) is 18.8 Å². The summed E-state index contributed by atoms with van der Waals surface area (Å²) in [6.45, 7) is 4.88. The number of fused-ring (bicyclic) bond motifs is 1. The number of hydrogen-bond donors (Lipinski definition) is 2. The summed E-state index contributed by atoms with van der Waals surface area (Å²) in [5.41, 5.74) is 1.12. The predicted octanol–water partition coefficient (Wildman–Crippen LogP) is 1.27. The number of hydrogen-bond acceptors (Lipinski definition) is 4. The topological polar surface area (TPSA) is 54.2 Å². The third-order valence-electron chi connectivity index (χ3n) is 3.30. The highest BCUT2D eigenvalue weighted by atomic mass is 127. The van der Waals surface area contributed by atoms with Crippen molar-refractivity contribution in [1.82, 2.24) is 20.2 Å². The van der Waals surface area contributed by atoms with E-state index in [1.807, 2.05) is 0 Å². The first-order chi connectivity index (χ1) is 8.31. The van der Waals surface area contributed by atoms with Crippen molar-refractivity contribution in [1.29, 1.82) is 0 Å². The van der Waals surface area contributed by atoms with Gasteiger partial charge >= 0.3 is 0 Å². The van der Waals surface area contributed by atoms with E-state index in [0.29, 0.717) is 6.04 Å². The van der Waals surface area contributed by atoms with E-state index in [1.165, 1.54) is 18.7 Å². The number of halogens is 1. The van der Waals surface area contributed by atoms with Gasteiger partial charge in [0.15, 0.2) is 5.96 Å². The average molecular weight is 361 g/mol. The maximum absolute atomic E-state index is 4.65. The Morgan fingerprint density at radius 2 is 2.39 bits per heavy atom. The maximum Gasteiger partial charge on any atom is 0.191 e. The second kappa shape index (κ2) is 5.90. The summed E-state index contributed by atoms with van der Waals surface area (Å²) < 4.78 is 2.28. The van der Waals surface area contributed by atoms with Crippen LogP contribution in [0.4, 0.5) is 0 Å². The Bertz CT molecular complexity index is 416. The normalized spacial score (nSPS) is 21.6. The van der Waals surface area contributed by atoms with Crippen LogP contribution in [0.25, 0.3) is 0 Å². The summed E-state index contributed by atoms with van der Waals surface area (Å²) in [7, 11) is 0. The highest BCUT2D eigenvalue weighted by molar-refractivity contribution is 14.0. The summed E-state index contributed by atoms with van der Waals surface area (Å²) in [6.07, 6.45) is 5.84. The number of aromatic nitrogens is 2. The summed E-state index contributed by atoms with van der Waals surface area (Å²) >= 11 is 0. The van der Waals surface area contributed by atoms with E-state index in [2.05, 4.69) is 38.3 Å². The molecule has 0 fully saturated rings. The standard InChI is InChI=1S/C12H19N5.HI/c1-9-6-13-12(15-9)14-7-10-8-17-5-3-2-4-11(17)16-10;/h8-9H,2-7H2,1H3,(H2,13,14,15);1H. The predicted molar refractivity (Wildman–Crippen MR) is 82.3 cm³/mol. The fourth-order valence-electron chi connectivity index (χ4n) is 2.39. The molecule has 100 valence electrons. The monoisotopic (exact) mass is 361 g/mol. The van der Waals surface area contributed by atoms with E-state index in [4.69, 9.17) is 0 Å². The van der Waals surface area contributed by atoms with E-state index in [0.717, 1.165) is 37.7 Å². The van der Waals surface area contributed by atoms with E-state index >= 15 is 0 Å². The Balaban J connectivity index is 0.00000120. The van der Waals surface area contributed by atoms with Gasteiger partial charge in [0.25, 0.3) is 0 Å². The first-order valence-electron chi connectivity index (χ1n) is 6.41. The molecule has 0 spiro atoms. The van der Waals surface area contributed by atoms with Gasteiger partial charge in [-0.25, -0.2) is 4.98 Å². The van der Waals surface area contributed by atoms with Gasteiger partial charge in [-0.15, -0.1) is 24.0 Å². The SMILES string of the molecule is CC1CN=C(NCc2cn3c(n2)CCCC3)N1.I. The molecule has 0 aromatic carbocycles. The van der Waals surface area contributed by atoms with Crippen LogP contribution >= 0.6 is 24.0 Å². The first-order valence-corrected chi connectivity index (χ1v) is 6.41. The first kappa shape index (κ1) is 13.6. The van der Waals surface area contributed by atoms with Crippen LogP contribution in [0.1, 0.15) is 31.3 Å². The van der Waals surface area contributed by atoms with Crippen LogP contribution in [0.3, 0.4) is 0 Å². The van der Waals surface area contributed by atoms with Crippen LogP contribution in [0, 0.1) is 0 Å². The zero-order valence-corrected chi connectivity index (χ0v) is 13.0. The molecule has 2 N–H and O–H groups in total. The summed E-state index contributed by atoms with van der Waals surface area (Å²) in [6, 6.07) is 0.452. The average Bonchev–Trinajstić information content (AvgIpc) is 2.91. The minimum Gasteiger partial charge on any atom is -0.352 e. The van der Waals surface area contributed by atoms with Crippen LogP contribution in [0.5, 0.6) is 0 Å². The lowest BCUT2D eigenvalue weighted by molar-refractivity contribution is 0.522. The number of rotatable bonds is 2. The molecule has 1 atom stereocenters. The van der Waals surface area contributed by atoms with Gasteiger partial charge in [0.2, 0.25) is 0 Å². The van der Waals surface area contributed by atoms with Gasteiger partial charge < -0.3 is 15.2 Å². The Hall–Kier alpha value is -0.790. The smallest absolute Gasteiger partial charge is 0.191 e. The lowest BCUT2D eigenvalue weighted by atomic mass is 10.2. The van der Waals surface area contributed by atoms with E-state index in [1.54, 1.807) is 0 Å². The quantitative estimate of drug-likeness (QED) is 0.781. The van der Waals surface area contributed by atoms with Crippen molar-refractivity contribution in [3.05, 3.63) is 17.7 Å². The minimum atomic E-state index is 0. The van der Waals surface area contributed by atoms with Crippen molar-refractivity contribution in [2.75, 3.05) is 6.54 Å². The second-order valence-corrected chi connectivity index (χ2v) is 4.89. The molecule has 6 heteroatoms. The zero-order valence-electron chi connectivity index (χ0n) is 10.6. The number of aliphatic imine (C=N–C) groups is 1. The van der Waals surface area contributed by atoms with E-state index in [-0.39, 0.29) is 24.0 Å². The number of nitrogens with one attached hydrogen (secondary N) is 2. The Morgan fingerprint density at radius 3 is 3.11 bits per heavy atom. The largest absolute Gasteiger partial charge is 0.352 e. The molecule has 1 aromatic heterocycles. The highest BCUT2D eigenvalue weighted by Crippen LogP contribution is 2.14. The van der Waals surface area contributed by atoms with Gasteiger partial charge in [0.1, 0.15) is 5.82 Å². The van der Waals surface area contributed by atoms with Crippen LogP contribution in [-0.2, 0) is 19.5 Å². The molecule has 3 rings (SSSR count). The molecule has 0 aliphatic carbocycles. The molecule has 1 aromatic rings. The maximum atomic E-state index is 4.65. The van der Waals surface area contributed by atoms with Crippen molar-refractivity contribution >= 4 is 29.9 Å². The van der Waals surface area contributed by atoms with Crippen LogP contribution in [-0.4, -0.2) is 28.1 Å². The molecule has 0 bridgehead atoms. The van der Waals surface area contributed by atoms with Gasteiger partial charge in [-0.1, -0.05) is 0 Å². The van der Waals surface area contributed by atoms with Crippen molar-refractivity contribution in [3.8, 4) is 0 Å². The molecule has 0 amide bonds.